The Hall–Kier alpha value is -4.08. The smallest absolute Gasteiger partial charge is 0.416 e. The van der Waals surface area contributed by atoms with Crippen LogP contribution in [0.4, 0.5) is 23.8 Å². The van der Waals surface area contributed by atoms with E-state index in [2.05, 4.69) is 20.8 Å². The molecule has 0 aliphatic carbocycles. The average Bonchev–Trinajstić information content (AvgIpc) is 3.30. The molecule has 1 atom stereocenters. The van der Waals surface area contributed by atoms with Gasteiger partial charge in [-0.2, -0.15) is 13.2 Å². The number of alkyl carbamates (subject to hydrolysis) is 1. The van der Waals surface area contributed by atoms with E-state index >= 15 is 0 Å². The van der Waals surface area contributed by atoms with E-state index in [1.807, 2.05) is 24.3 Å². The third kappa shape index (κ3) is 7.22. The van der Waals surface area contributed by atoms with Crippen molar-refractivity contribution in [2.24, 2.45) is 0 Å². The fraction of sp³-hybridized carbons (Fsp3) is 0.296. The van der Waals surface area contributed by atoms with Gasteiger partial charge in [0.15, 0.2) is 11.6 Å². The predicted molar refractivity (Wildman–Crippen MR) is 134 cm³/mol. The minimum Gasteiger partial charge on any atom is -0.444 e. The molecule has 0 spiro atoms. The Balaban J connectivity index is 1.46. The van der Waals surface area contributed by atoms with Crippen LogP contribution >= 0.6 is 0 Å². The topological polar surface area (TPSA) is 89.3 Å². The summed E-state index contributed by atoms with van der Waals surface area (Å²) < 4.78 is 49.6. The number of carbonyl (C=O) groups excluding carboxylic acids is 1. The molecule has 37 heavy (non-hydrogen) atoms. The van der Waals surface area contributed by atoms with Crippen LogP contribution in [-0.4, -0.2) is 34.4 Å². The first-order valence-corrected chi connectivity index (χ1v) is 11.7. The molecule has 4 rings (SSSR count). The van der Waals surface area contributed by atoms with Gasteiger partial charge in [-0.1, -0.05) is 29.4 Å². The van der Waals surface area contributed by atoms with Gasteiger partial charge in [0.25, 0.3) is 0 Å². The normalized spacial score (nSPS) is 12.8. The molecule has 0 bridgehead atoms. The third-order valence-corrected chi connectivity index (χ3v) is 5.45. The first-order valence-electron chi connectivity index (χ1n) is 11.7. The lowest BCUT2D eigenvalue weighted by Gasteiger charge is -2.24. The summed E-state index contributed by atoms with van der Waals surface area (Å²) in [5.41, 5.74) is 0.0359. The van der Waals surface area contributed by atoms with E-state index < -0.39 is 29.5 Å². The van der Waals surface area contributed by atoms with Crippen LogP contribution in [0.25, 0.3) is 22.1 Å². The monoisotopic (exact) mass is 512 g/mol. The van der Waals surface area contributed by atoms with E-state index in [1.165, 1.54) is 12.1 Å². The van der Waals surface area contributed by atoms with Gasteiger partial charge in [-0.3, -0.25) is 4.98 Å². The maximum atomic E-state index is 12.9. The molecule has 2 heterocycles. The van der Waals surface area contributed by atoms with Crippen molar-refractivity contribution in [3.8, 4) is 11.3 Å². The van der Waals surface area contributed by atoms with E-state index in [0.29, 0.717) is 17.1 Å². The number of rotatable bonds is 7. The molecule has 1 amide bonds. The number of hydrogen-bond donors (Lipinski definition) is 2. The van der Waals surface area contributed by atoms with Crippen LogP contribution in [0.5, 0.6) is 0 Å². The highest BCUT2D eigenvalue weighted by Crippen LogP contribution is 2.29. The summed E-state index contributed by atoms with van der Waals surface area (Å²) >= 11 is 0. The number of carbonyl (C=O) groups is 1. The second-order valence-electron chi connectivity index (χ2n) is 9.64. The van der Waals surface area contributed by atoms with Crippen molar-refractivity contribution in [3.05, 3.63) is 78.1 Å². The van der Waals surface area contributed by atoms with Crippen LogP contribution in [0.2, 0.25) is 0 Å². The number of ether oxygens (including phenoxy) is 1. The van der Waals surface area contributed by atoms with Gasteiger partial charge < -0.3 is 19.9 Å². The molecule has 2 N–H and O–H groups in total. The van der Waals surface area contributed by atoms with Crippen LogP contribution in [0.3, 0.4) is 0 Å². The Morgan fingerprint density at radius 2 is 1.78 bits per heavy atom. The van der Waals surface area contributed by atoms with Gasteiger partial charge >= 0.3 is 12.3 Å². The fourth-order valence-corrected chi connectivity index (χ4v) is 3.72. The summed E-state index contributed by atoms with van der Waals surface area (Å²) in [6.07, 6.45) is -1.28. The maximum Gasteiger partial charge on any atom is 0.416 e. The predicted octanol–water partition coefficient (Wildman–Crippen LogP) is 6.46. The number of benzene rings is 2. The first-order chi connectivity index (χ1) is 17.5. The number of anilines is 1. The zero-order valence-electron chi connectivity index (χ0n) is 20.6. The van der Waals surface area contributed by atoms with Crippen molar-refractivity contribution in [1.82, 2.24) is 15.5 Å². The molecule has 2 aromatic carbocycles. The summed E-state index contributed by atoms with van der Waals surface area (Å²) in [5.74, 6) is 1.01. The van der Waals surface area contributed by atoms with Gasteiger partial charge in [0.2, 0.25) is 0 Å². The zero-order chi connectivity index (χ0) is 26.6. The van der Waals surface area contributed by atoms with Crippen LogP contribution in [-0.2, 0) is 17.3 Å². The third-order valence-electron chi connectivity index (χ3n) is 5.45. The zero-order valence-corrected chi connectivity index (χ0v) is 20.6. The van der Waals surface area contributed by atoms with Crippen molar-refractivity contribution in [3.63, 3.8) is 0 Å². The van der Waals surface area contributed by atoms with Gasteiger partial charge in [0, 0.05) is 36.0 Å². The number of amides is 1. The van der Waals surface area contributed by atoms with E-state index in [0.717, 1.165) is 28.5 Å². The molecule has 1 unspecified atom stereocenters. The highest BCUT2D eigenvalue weighted by Gasteiger charge is 2.30. The summed E-state index contributed by atoms with van der Waals surface area (Å²) in [4.78, 5) is 16.5. The van der Waals surface area contributed by atoms with Crippen LogP contribution < -0.4 is 10.6 Å². The maximum absolute atomic E-state index is 12.9. The fourth-order valence-electron chi connectivity index (χ4n) is 3.72. The van der Waals surface area contributed by atoms with E-state index in [-0.39, 0.29) is 13.0 Å². The lowest BCUT2D eigenvalue weighted by atomic mass is 10.0. The molecule has 2 aromatic heterocycles. The van der Waals surface area contributed by atoms with Gasteiger partial charge in [0.1, 0.15) is 5.60 Å². The van der Waals surface area contributed by atoms with Crippen molar-refractivity contribution in [2.75, 3.05) is 11.9 Å². The molecule has 0 aliphatic heterocycles. The molecule has 7 nitrogen and oxygen atoms in total. The summed E-state index contributed by atoms with van der Waals surface area (Å²) in [6, 6.07) is 13.8. The van der Waals surface area contributed by atoms with Crippen molar-refractivity contribution >= 4 is 22.7 Å². The molecular weight excluding hydrogens is 485 g/mol. The summed E-state index contributed by atoms with van der Waals surface area (Å²) in [7, 11) is 0. The van der Waals surface area contributed by atoms with Gasteiger partial charge in [0.05, 0.1) is 11.6 Å². The van der Waals surface area contributed by atoms with Crippen LogP contribution in [0, 0.1) is 0 Å². The Bertz CT molecular complexity index is 1360. The largest absolute Gasteiger partial charge is 0.444 e. The number of nitrogens with one attached hydrogen (secondary N) is 2. The van der Waals surface area contributed by atoms with Gasteiger partial charge in [-0.15, -0.1) is 0 Å². The Kier molecular flexibility index (Phi) is 7.37. The lowest BCUT2D eigenvalue weighted by Crippen LogP contribution is -2.43. The minimum absolute atomic E-state index is 0.232. The number of alkyl halides is 3. The van der Waals surface area contributed by atoms with Gasteiger partial charge in [-0.05, 0) is 62.4 Å². The molecule has 0 saturated carbocycles. The average molecular weight is 513 g/mol. The minimum atomic E-state index is -4.42. The number of hydrogen-bond acceptors (Lipinski definition) is 6. The van der Waals surface area contributed by atoms with E-state index in [4.69, 9.17) is 9.26 Å². The molecule has 0 fully saturated rings. The molecule has 0 saturated heterocycles. The Morgan fingerprint density at radius 1 is 1.03 bits per heavy atom. The second kappa shape index (κ2) is 10.5. The van der Waals surface area contributed by atoms with Crippen molar-refractivity contribution in [2.45, 2.75) is 45.0 Å². The highest BCUT2D eigenvalue weighted by atomic mass is 19.4. The van der Waals surface area contributed by atoms with Crippen molar-refractivity contribution in [1.29, 1.82) is 0 Å². The standard InChI is InChI=1S/C27H27F3N4O3/c1-26(2,3)36-25(35)33-22(12-17-4-8-21(9-5-17)27(28,29)30)16-32-24-14-23(37-34-24)19-6-7-20-15-31-11-10-18(20)13-19/h4-11,13-15,22H,12,16H2,1-3H3,(H,32,34)(H,33,35). The van der Waals surface area contributed by atoms with Crippen LogP contribution in [0.1, 0.15) is 31.9 Å². The van der Waals surface area contributed by atoms with E-state index in [1.54, 1.807) is 39.2 Å². The Morgan fingerprint density at radius 3 is 2.49 bits per heavy atom. The second-order valence-corrected chi connectivity index (χ2v) is 9.64. The number of pyridine rings is 1. The van der Waals surface area contributed by atoms with Gasteiger partial charge in [-0.25, -0.2) is 4.79 Å². The molecule has 194 valence electrons. The summed E-state index contributed by atoms with van der Waals surface area (Å²) in [6.45, 7) is 5.47. The SMILES string of the molecule is CC(C)(C)OC(=O)NC(CNc1cc(-c2ccc3cnccc3c2)on1)Cc1ccc(C(F)(F)F)cc1. The Labute approximate surface area is 212 Å². The molecule has 0 radical (unpaired) electrons. The summed E-state index contributed by atoms with van der Waals surface area (Å²) in [5, 5.41) is 12.0. The lowest BCUT2D eigenvalue weighted by molar-refractivity contribution is -0.137. The first kappa shape index (κ1) is 26.0. The van der Waals surface area contributed by atoms with E-state index in [9.17, 15) is 18.0 Å². The molecule has 0 aliphatic rings. The highest BCUT2D eigenvalue weighted by molar-refractivity contribution is 5.86. The number of aromatic nitrogens is 2. The molecular formula is C27H27F3N4O3. The number of fused-ring (bicyclic) bond motifs is 1. The molecule has 4 aromatic rings. The quantitative estimate of drug-likeness (QED) is 0.296. The number of halogens is 3. The molecule has 10 heteroatoms. The van der Waals surface area contributed by atoms with Crippen molar-refractivity contribution < 1.29 is 27.2 Å². The van der Waals surface area contributed by atoms with Crippen LogP contribution in [0.15, 0.2) is 71.5 Å². The number of nitrogens with zero attached hydrogens (tertiary/aromatic N) is 2.